The van der Waals surface area contributed by atoms with Crippen LogP contribution in [-0.4, -0.2) is 42.9 Å². The van der Waals surface area contributed by atoms with Crippen LogP contribution in [0.5, 0.6) is 0 Å². The van der Waals surface area contributed by atoms with Gasteiger partial charge in [0.15, 0.2) is 5.16 Å². The summed E-state index contributed by atoms with van der Waals surface area (Å²) in [6, 6.07) is 6.75. The molecule has 3 aromatic rings. The zero-order chi connectivity index (χ0) is 21.8. The van der Waals surface area contributed by atoms with Crippen molar-refractivity contribution < 1.29 is 9.59 Å². The third-order valence-electron chi connectivity index (χ3n) is 4.63. The Morgan fingerprint density at radius 1 is 1.17 bits per heavy atom. The van der Waals surface area contributed by atoms with E-state index in [9.17, 15) is 14.4 Å². The van der Waals surface area contributed by atoms with Crippen molar-refractivity contribution in [1.29, 1.82) is 0 Å². The number of amides is 3. The molecular weight excluding hydrogens is 404 g/mol. The van der Waals surface area contributed by atoms with Gasteiger partial charge in [0, 0.05) is 13.1 Å². The number of hydrogen-bond acceptors (Lipinski definition) is 6. The highest BCUT2D eigenvalue weighted by Gasteiger charge is 2.22. The second-order valence-corrected chi connectivity index (χ2v) is 8.69. The molecule has 1 aromatic carbocycles. The highest BCUT2D eigenvalue weighted by molar-refractivity contribution is 8.00. The number of nitrogens with one attached hydrogen (secondary N) is 2. The summed E-state index contributed by atoms with van der Waals surface area (Å²) in [6.45, 7) is 8.62. The molecule has 10 heteroatoms. The number of carbonyl (C=O) groups is 2. The van der Waals surface area contributed by atoms with Crippen LogP contribution in [0.1, 0.15) is 34.1 Å². The molecule has 0 radical (unpaired) electrons. The van der Waals surface area contributed by atoms with Gasteiger partial charge in [-0.05, 0) is 38.3 Å². The molecule has 9 nitrogen and oxygen atoms in total. The topological polar surface area (TPSA) is 110 Å². The molecule has 3 amide bonds. The molecular formula is C20H26N6O3S. The standard InChI is InChI=1S/C20H26N6O3S/c1-5-21-18(29)22-16(27)13(4)30-20-24-23-19-25(11-10-12(2)3)17(28)14-8-6-7-9-15(14)26(19)20/h6-9,12-13H,5,10-11H2,1-4H3,(H2,21,22,27,29). The maximum absolute atomic E-state index is 13.0. The Morgan fingerprint density at radius 2 is 1.90 bits per heavy atom. The zero-order valence-electron chi connectivity index (χ0n) is 17.5. The minimum Gasteiger partial charge on any atom is -0.338 e. The van der Waals surface area contributed by atoms with E-state index in [0.717, 1.165) is 6.42 Å². The van der Waals surface area contributed by atoms with Crippen molar-refractivity contribution in [3.63, 3.8) is 0 Å². The predicted octanol–water partition coefficient (Wildman–Crippen LogP) is 2.42. The van der Waals surface area contributed by atoms with Gasteiger partial charge in [0.25, 0.3) is 5.56 Å². The molecule has 0 aliphatic heterocycles. The van der Waals surface area contributed by atoms with E-state index >= 15 is 0 Å². The molecule has 0 spiro atoms. The van der Waals surface area contributed by atoms with Crippen molar-refractivity contribution in [1.82, 2.24) is 29.8 Å². The number of urea groups is 1. The van der Waals surface area contributed by atoms with E-state index in [4.69, 9.17) is 0 Å². The number of aromatic nitrogens is 4. The molecule has 1 unspecified atom stereocenters. The van der Waals surface area contributed by atoms with Gasteiger partial charge >= 0.3 is 6.03 Å². The van der Waals surface area contributed by atoms with Gasteiger partial charge in [-0.2, -0.15) is 0 Å². The first-order chi connectivity index (χ1) is 14.3. The van der Waals surface area contributed by atoms with E-state index in [0.29, 0.717) is 40.8 Å². The van der Waals surface area contributed by atoms with E-state index in [1.807, 2.05) is 18.2 Å². The number of nitrogens with zero attached hydrogens (tertiary/aromatic N) is 4. The molecule has 30 heavy (non-hydrogen) atoms. The fourth-order valence-corrected chi connectivity index (χ4v) is 3.88. The van der Waals surface area contributed by atoms with Crippen LogP contribution in [0.4, 0.5) is 4.79 Å². The summed E-state index contributed by atoms with van der Waals surface area (Å²) in [5, 5.41) is 13.8. The van der Waals surface area contributed by atoms with Crippen LogP contribution in [0.3, 0.4) is 0 Å². The van der Waals surface area contributed by atoms with E-state index in [2.05, 4.69) is 34.7 Å². The number of hydrogen-bond donors (Lipinski definition) is 2. The normalized spacial score (nSPS) is 12.4. The van der Waals surface area contributed by atoms with Gasteiger partial charge in [0.1, 0.15) is 0 Å². The van der Waals surface area contributed by atoms with Crippen LogP contribution < -0.4 is 16.2 Å². The van der Waals surface area contributed by atoms with E-state index < -0.39 is 17.2 Å². The van der Waals surface area contributed by atoms with Crippen molar-refractivity contribution in [2.24, 2.45) is 5.92 Å². The second kappa shape index (κ2) is 9.29. The largest absolute Gasteiger partial charge is 0.338 e. The Hall–Kier alpha value is -2.88. The fourth-order valence-electron chi connectivity index (χ4n) is 3.03. The summed E-state index contributed by atoms with van der Waals surface area (Å²) >= 11 is 1.18. The van der Waals surface area contributed by atoms with Gasteiger partial charge in [0.05, 0.1) is 16.2 Å². The minimum atomic E-state index is -0.588. The van der Waals surface area contributed by atoms with Crippen molar-refractivity contribution in [3.8, 4) is 0 Å². The average Bonchev–Trinajstić information content (AvgIpc) is 3.11. The number of fused-ring (bicyclic) bond motifs is 3. The van der Waals surface area contributed by atoms with Gasteiger partial charge in [-0.3, -0.25) is 23.9 Å². The van der Waals surface area contributed by atoms with Crippen LogP contribution in [0.2, 0.25) is 0 Å². The lowest BCUT2D eigenvalue weighted by molar-refractivity contribution is -0.119. The van der Waals surface area contributed by atoms with E-state index in [-0.39, 0.29) is 5.56 Å². The number of thioether (sulfide) groups is 1. The molecule has 3 rings (SSSR count). The maximum atomic E-state index is 13.0. The first kappa shape index (κ1) is 21.8. The predicted molar refractivity (Wildman–Crippen MR) is 117 cm³/mol. The van der Waals surface area contributed by atoms with Crippen molar-refractivity contribution >= 4 is 40.4 Å². The Balaban J connectivity index is 2.02. The molecule has 2 aromatic heterocycles. The number of para-hydroxylation sites is 1. The summed E-state index contributed by atoms with van der Waals surface area (Å²) in [4.78, 5) is 37.0. The third kappa shape index (κ3) is 4.48. The zero-order valence-corrected chi connectivity index (χ0v) is 18.3. The van der Waals surface area contributed by atoms with Crippen molar-refractivity contribution in [3.05, 3.63) is 34.6 Å². The number of rotatable bonds is 7. The third-order valence-corrected chi connectivity index (χ3v) is 5.68. The van der Waals surface area contributed by atoms with Gasteiger partial charge in [-0.1, -0.05) is 37.7 Å². The highest BCUT2D eigenvalue weighted by atomic mass is 32.2. The fraction of sp³-hybridized carbons (Fsp3) is 0.450. The lowest BCUT2D eigenvalue weighted by Crippen LogP contribution is -2.42. The van der Waals surface area contributed by atoms with Crippen molar-refractivity contribution in [2.75, 3.05) is 6.54 Å². The smallest absolute Gasteiger partial charge is 0.321 e. The Morgan fingerprint density at radius 3 is 2.60 bits per heavy atom. The van der Waals surface area contributed by atoms with Gasteiger partial charge in [-0.15, -0.1) is 10.2 Å². The van der Waals surface area contributed by atoms with E-state index in [1.54, 1.807) is 28.9 Å². The van der Waals surface area contributed by atoms with Crippen LogP contribution in [0.15, 0.2) is 34.2 Å². The first-order valence-corrected chi connectivity index (χ1v) is 10.8. The molecule has 0 fully saturated rings. The van der Waals surface area contributed by atoms with Crippen molar-refractivity contribution in [2.45, 2.75) is 51.1 Å². The number of aryl methyl sites for hydroxylation is 1. The molecule has 2 heterocycles. The molecule has 0 aliphatic carbocycles. The lowest BCUT2D eigenvalue weighted by Gasteiger charge is -2.13. The SMILES string of the molecule is CCNC(=O)NC(=O)C(C)Sc1nnc2n(CCC(C)C)c(=O)c3ccccc3n12. The Labute approximate surface area is 178 Å². The molecule has 2 N–H and O–H groups in total. The lowest BCUT2D eigenvalue weighted by atomic mass is 10.1. The quantitative estimate of drug-likeness (QED) is 0.557. The summed E-state index contributed by atoms with van der Waals surface area (Å²) in [5.74, 6) is 0.441. The average molecular weight is 431 g/mol. The maximum Gasteiger partial charge on any atom is 0.321 e. The number of benzene rings is 1. The van der Waals surface area contributed by atoms with Crippen LogP contribution in [0, 0.1) is 5.92 Å². The minimum absolute atomic E-state index is 0.107. The molecule has 0 saturated carbocycles. The Kier molecular flexibility index (Phi) is 6.76. The Bertz CT molecular complexity index is 1140. The monoisotopic (exact) mass is 430 g/mol. The van der Waals surface area contributed by atoms with Gasteiger partial charge in [0.2, 0.25) is 11.7 Å². The number of imide groups is 1. The second-order valence-electron chi connectivity index (χ2n) is 7.38. The first-order valence-electron chi connectivity index (χ1n) is 9.95. The van der Waals surface area contributed by atoms with E-state index in [1.165, 1.54) is 11.8 Å². The molecule has 0 bridgehead atoms. The molecule has 0 saturated heterocycles. The summed E-state index contributed by atoms with van der Waals surface area (Å²) in [6.07, 6.45) is 0.828. The summed E-state index contributed by atoms with van der Waals surface area (Å²) < 4.78 is 3.44. The van der Waals surface area contributed by atoms with Crippen LogP contribution in [-0.2, 0) is 11.3 Å². The number of carbonyl (C=O) groups excluding carboxylic acids is 2. The van der Waals surface area contributed by atoms with Crippen LogP contribution >= 0.6 is 11.8 Å². The summed E-state index contributed by atoms with van der Waals surface area (Å²) in [5.41, 5.74) is 0.576. The molecule has 0 aliphatic rings. The van der Waals surface area contributed by atoms with Gasteiger partial charge < -0.3 is 5.32 Å². The van der Waals surface area contributed by atoms with Gasteiger partial charge in [-0.25, -0.2) is 4.79 Å². The van der Waals surface area contributed by atoms with Crippen LogP contribution in [0.25, 0.3) is 16.7 Å². The molecule has 160 valence electrons. The summed E-state index contributed by atoms with van der Waals surface area (Å²) in [7, 11) is 0. The highest BCUT2D eigenvalue weighted by Crippen LogP contribution is 2.25. The molecule has 1 atom stereocenters.